The van der Waals surface area contributed by atoms with Crippen LogP contribution in [0.3, 0.4) is 0 Å². The summed E-state index contributed by atoms with van der Waals surface area (Å²) in [5, 5.41) is 6.12. The molecule has 3 rings (SSSR count). The van der Waals surface area contributed by atoms with Crippen LogP contribution in [-0.2, 0) is 9.53 Å². The van der Waals surface area contributed by atoms with E-state index in [1.165, 1.54) is 0 Å². The van der Waals surface area contributed by atoms with E-state index in [0.29, 0.717) is 39.2 Å². The molecular formula is C23H24Cl2N2O4. The van der Waals surface area contributed by atoms with Gasteiger partial charge in [-0.2, -0.15) is 0 Å². The normalized spacial score (nSPS) is 16.1. The Morgan fingerprint density at radius 3 is 2.35 bits per heavy atom. The van der Waals surface area contributed by atoms with E-state index in [1.54, 1.807) is 26.0 Å². The summed E-state index contributed by atoms with van der Waals surface area (Å²) in [4.78, 5) is 25.6. The predicted molar refractivity (Wildman–Crippen MR) is 121 cm³/mol. The van der Waals surface area contributed by atoms with Gasteiger partial charge in [0, 0.05) is 0 Å². The number of rotatable bonds is 7. The molecule has 0 radical (unpaired) electrons. The molecule has 1 unspecified atom stereocenters. The predicted octanol–water partition coefficient (Wildman–Crippen LogP) is 5.50. The fourth-order valence-electron chi connectivity index (χ4n) is 3.23. The maximum atomic E-state index is 13.1. The lowest BCUT2D eigenvalue weighted by atomic mass is 9.92. The monoisotopic (exact) mass is 462 g/mol. The molecule has 0 aliphatic carbocycles. The average Bonchev–Trinajstić information content (AvgIpc) is 2.72. The Hall–Kier alpha value is -2.70. The largest absolute Gasteiger partial charge is 0.490 e. The van der Waals surface area contributed by atoms with Crippen molar-refractivity contribution in [1.82, 2.24) is 10.6 Å². The maximum absolute atomic E-state index is 13.1. The second-order valence-corrected chi connectivity index (χ2v) is 8.12. The number of carbonyl (C=O) groups is 2. The molecule has 0 aromatic heterocycles. The molecule has 0 saturated heterocycles. The molecule has 1 aliphatic heterocycles. The zero-order chi connectivity index (χ0) is 22.5. The van der Waals surface area contributed by atoms with Crippen molar-refractivity contribution in [3.8, 4) is 5.75 Å². The molecule has 0 saturated carbocycles. The number of carbonyl (C=O) groups excluding carboxylic acids is 2. The highest BCUT2D eigenvalue weighted by Crippen LogP contribution is 2.39. The maximum Gasteiger partial charge on any atom is 0.338 e. The first kappa shape index (κ1) is 23.0. The number of ether oxygens (including phenoxy) is 2. The van der Waals surface area contributed by atoms with Crippen molar-refractivity contribution < 1.29 is 19.1 Å². The van der Waals surface area contributed by atoms with Crippen LogP contribution in [-0.4, -0.2) is 24.7 Å². The summed E-state index contributed by atoms with van der Waals surface area (Å²) in [5.74, 6) is -0.183. The highest BCUT2D eigenvalue weighted by atomic mass is 35.5. The lowest BCUT2D eigenvalue weighted by Crippen LogP contribution is -2.45. The zero-order valence-corrected chi connectivity index (χ0v) is 19.0. The van der Waals surface area contributed by atoms with Crippen LogP contribution in [0, 0.1) is 0 Å². The number of esters is 1. The van der Waals surface area contributed by atoms with E-state index in [0.717, 1.165) is 6.42 Å². The van der Waals surface area contributed by atoms with Crippen molar-refractivity contribution in [2.24, 2.45) is 0 Å². The highest BCUT2D eigenvalue weighted by Gasteiger charge is 2.35. The number of urea groups is 1. The van der Waals surface area contributed by atoms with Gasteiger partial charge in [-0.25, -0.2) is 9.59 Å². The van der Waals surface area contributed by atoms with Gasteiger partial charge in [-0.15, -0.1) is 0 Å². The van der Waals surface area contributed by atoms with Gasteiger partial charge in [0.25, 0.3) is 0 Å². The molecule has 2 aromatic carbocycles. The standard InChI is InChI=1S/C23H24Cl2N2O4/c1-4-10-30-21-16(24)11-15(12-17(21)25)20-18(22(28)31-13(2)3)19(26-23(29)27-20)14-8-6-5-7-9-14/h5-9,11-13,20H,4,10H2,1-3H3,(H2,26,27,29). The van der Waals surface area contributed by atoms with Crippen molar-refractivity contribution in [2.75, 3.05) is 6.61 Å². The van der Waals surface area contributed by atoms with Gasteiger partial charge >= 0.3 is 12.0 Å². The fraction of sp³-hybridized carbons (Fsp3) is 0.304. The Bertz CT molecular complexity index is 983. The van der Waals surface area contributed by atoms with E-state index < -0.39 is 18.0 Å². The van der Waals surface area contributed by atoms with Gasteiger partial charge in [0.2, 0.25) is 0 Å². The molecule has 1 heterocycles. The molecule has 1 aliphatic rings. The summed E-state index contributed by atoms with van der Waals surface area (Å²) in [7, 11) is 0. The molecule has 1 atom stereocenters. The summed E-state index contributed by atoms with van der Waals surface area (Å²) in [6.07, 6.45) is 0.458. The van der Waals surface area contributed by atoms with Crippen molar-refractivity contribution >= 4 is 40.9 Å². The molecule has 2 aromatic rings. The summed E-state index contributed by atoms with van der Waals surface area (Å²) in [6.45, 7) is 5.96. The van der Waals surface area contributed by atoms with E-state index in [9.17, 15) is 9.59 Å². The molecule has 0 bridgehead atoms. The van der Waals surface area contributed by atoms with Crippen LogP contribution in [0.4, 0.5) is 4.79 Å². The lowest BCUT2D eigenvalue weighted by Gasteiger charge is -2.30. The van der Waals surface area contributed by atoms with Gasteiger partial charge in [-0.3, -0.25) is 0 Å². The Kier molecular flexibility index (Phi) is 7.46. The first-order valence-electron chi connectivity index (χ1n) is 10.0. The van der Waals surface area contributed by atoms with Crippen molar-refractivity contribution in [3.05, 3.63) is 69.2 Å². The molecule has 31 heavy (non-hydrogen) atoms. The van der Waals surface area contributed by atoms with Crippen LogP contribution in [0.1, 0.15) is 44.4 Å². The van der Waals surface area contributed by atoms with Crippen LogP contribution in [0.5, 0.6) is 5.75 Å². The third kappa shape index (κ3) is 5.32. The molecular weight excluding hydrogens is 439 g/mol. The Balaban J connectivity index is 2.15. The summed E-state index contributed by atoms with van der Waals surface area (Å²) >= 11 is 12.8. The molecule has 8 heteroatoms. The van der Waals surface area contributed by atoms with E-state index in [-0.39, 0.29) is 11.7 Å². The van der Waals surface area contributed by atoms with Crippen LogP contribution >= 0.6 is 23.2 Å². The molecule has 6 nitrogen and oxygen atoms in total. The minimum Gasteiger partial charge on any atom is -0.490 e. The quantitative estimate of drug-likeness (QED) is 0.532. The van der Waals surface area contributed by atoms with Gasteiger partial charge in [-0.05, 0) is 43.5 Å². The SMILES string of the molecule is CCCOc1c(Cl)cc(C2NC(=O)NC(c3ccccc3)=C2C(=O)OC(C)C)cc1Cl. The lowest BCUT2D eigenvalue weighted by molar-refractivity contribution is -0.143. The van der Waals surface area contributed by atoms with Crippen molar-refractivity contribution in [2.45, 2.75) is 39.3 Å². The average molecular weight is 463 g/mol. The summed E-state index contributed by atoms with van der Waals surface area (Å²) in [6, 6.07) is 11.1. The van der Waals surface area contributed by atoms with Gasteiger partial charge in [-0.1, -0.05) is 60.5 Å². The molecule has 0 spiro atoms. The van der Waals surface area contributed by atoms with E-state index in [2.05, 4.69) is 10.6 Å². The van der Waals surface area contributed by atoms with Crippen molar-refractivity contribution in [3.63, 3.8) is 0 Å². The van der Waals surface area contributed by atoms with E-state index in [1.807, 2.05) is 37.3 Å². The minimum atomic E-state index is -0.814. The third-order valence-electron chi connectivity index (χ3n) is 4.50. The number of halogens is 2. The first-order valence-corrected chi connectivity index (χ1v) is 10.8. The fourth-order valence-corrected chi connectivity index (χ4v) is 3.85. The molecule has 2 amide bonds. The van der Waals surface area contributed by atoms with E-state index in [4.69, 9.17) is 32.7 Å². The number of hydrogen-bond acceptors (Lipinski definition) is 4. The number of hydrogen-bond donors (Lipinski definition) is 2. The minimum absolute atomic E-state index is 0.258. The number of nitrogens with one attached hydrogen (secondary N) is 2. The Morgan fingerprint density at radius 1 is 1.13 bits per heavy atom. The number of benzene rings is 2. The number of amides is 2. The van der Waals surface area contributed by atoms with Gasteiger partial charge in [0.05, 0.1) is 40.1 Å². The van der Waals surface area contributed by atoms with Crippen molar-refractivity contribution in [1.29, 1.82) is 0 Å². The van der Waals surface area contributed by atoms with Gasteiger partial charge in [0.1, 0.15) is 0 Å². The second-order valence-electron chi connectivity index (χ2n) is 7.30. The van der Waals surface area contributed by atoms with Crippen LogP contribution in [0.15, 0.2) is 48.0 Å². The summed E-state index contributed by atoms with van der Waals surface area (Å²) < 4.78 is 11.1. The van der Waals surface area contributed by atoms with E-state index >= 15 is 0 Å². The smallest absolute Gasteiger partial charge is 0.338 e. The first-order chi connectivity index (χ1) is 14.8. The second kappa shape index (κ2) is 10.1. The van der Waals surface area contributed by atoms with Crippen LogP contribution in [0.25, 0.3) is 5.70 Å². The van der Waals surface area contributed by atoms with Crippen LogP contribution < -0.4 is 15.4 Å². The highest BCUT2D eigenvalue weighted by molar-refractivity contribution is 6.37. The van der Waals surface area contributed by atoms with Crippen LogP contribution in [0.2, 0.25) is 10.0 Å². The molecule has 164 valence electrons. The molecule has 2 N–H and O–H groups in total. The van der Waals surface area contributed by atoms with Gasteiger partial charge in [0.15, 0.2) is 5.75 Å². The third-order valence-corrected chi connectivity index (χ3v) is 5.06. The Labute approximate surface area is 191 Å². The topological polar surface area (TPSA) is 76.7 Å². The summed E-state index contributed by atoms with van der Waals surface area (Å²) in [5.41, 5.74) is 1.85. The van der Waals surface area contributed by atoms with Gasteiger partial charge < -0.3 is 20.1 Å². The Morgan fingerprint density at radius 2 is 1.77 bits per heavy atom. The molecule has 0 fully saturated rings. The zero-order valence-electron chi connectivity index (χ0n) is 17.5.